The van der Waals surface area contributed by atoms with Gasteiger partial charge >= 0.3 is 6.09 Å². The van der Waals surface area contributed by atoms with Crippen LogP contribution in [0.1, 0.15) is 31.9 Å². The molecule has 7 heteroatoms. The van der Waals surface area contributed by atoms with Gasteiger partial charge in [-0.25, -0.2) is 4.79 Å². The van der Waals surface area contributed by atoms with Crippen LogP contribution in [0.25, 0.3) is 0 Å². The molecule has 0 unspecified atom stereocenters. The van der Waals surface area contributed by atoms with Crippen molar-refractivity contribution in [2.75, 3.05) is 13.6 Å². The molecule has 0 spiro atoms. The number of nitrogens with two attached hydrogens (primary N) is 1. The average Bonchev–Trinajstić information content (AvgIpc) is 2.50. The van der Waals surface area contributed by atoms with Gasteiger partial charge in [-0.05, 0) is 11.1 Å². The zero-order valence-electron chi connectivity index (χ0n) is 14.6. The maximum atomic E-state index is 12.6. The Hall–Kier alpha value is -2.57. The van der Waals surface area contributed by atoms with Gasteiger partial charge in [-0.15, -0.1) is 0 Å². The van der Waals surface area contributed by atoms with E-state index in [2.05, 4.69) is 5.32 Å². The summed E-state index contributed by atoms with van der Waals surface area (Å²) in [4.78, 5) is 36.5. The van der Waals surface area contributed by atoms with Crippen molar-refractivity contribution in [1.29, 1.82) is 0 Å². The Kier molecular flexibility index (Phi) is 6.76. The number of nitrogens with one attached hydrogen (secondary N) is 1. The second kappa shape index (κ2) is 8.33. The van der Waals surface area contributed by atoms with E-state index in [9.17, 15) is 14.4 Å². The third kappa shape index (κ3) is 5.91. The summed E-state index contributed by atoms with van der Waals surface area (Å²) in [7, 11) is 1.48. The zero-order valence-corrected chi connectivity index (χ0v) is 14.6. The molecule has 0 saturated carbocycles. The number of amides is 3. The number of benzene rings is 1. The molecule has 1 aromatic rings. The van der Waals surface area contributed by atoms with Crippen molar-refractivity contribution in [3.8, 4) is 0 Å². The van der Waals surface area contributed by atoms with Gasteiger partial charge in [0.1, 0.15) is 6.61 Å². The summed E-state index contributed by atoms with van der Waals surface area (Å²) in [6.07, 6.45) is -0.537. The Bertz CT molecular complexity index is 608. The Morgan fingerprint density at radius 1 is 1.17 bits per heavy atom. The summed E-state index contributed by atoms with van der Waals surface area (Å²) in [5, 5.41) is 2.37. The van der Waals surface area contributed by atoms with Crippen LogP contribution >= 0.6 is 0 Å². The molecule has 0 aliphatic heterocycles. The molecule has 0 heterocycles. The maximum Gasteiger partial charge on any atom is 0.407 e. The average molecular weight is 335 g/mol. The van der Waals surface area contributed by atoms with E-state index in [0.29, 0.717) is 0 Å². The number of carbonyl (C=O) groups excluding carboxylic acids is 3. The second-order valence-electron chi connectivity index (χ2n) is 6.47. The highest BCUT2D eigenvalue weighted by Crippen LogP contribution is 2.20. The van der Waals surface area contributed by atoms with E-state index < -0.39 is 17.4 Å². The molecule has 132 valence electrons. The predicted molar refractivity (Wildman–Crippen MR) is 89.8 cm³/mol. The van der Waals surface area contributed by atoms with Gasteiger partial charge in [-0.1, -0.05) is 45.0 Å². The molecule has 0 atom stereocenters. The molecule has 3 N–H and O–H groups in total. The minimum atomic E-state index is -0.636. The lowest BCUT2D eigenvalue weighted by atomic mass is 9.94. The Morgan fingerprint density at radius 3 is 2.25 bits per heavy atom. The van der Waals surface area contributed by atoms with E-state index in [1.165, 1.54) is 11.9 Å². The van der Waals surface area contributed by atoms with Gasteiger partial charge in [0.15, 0.2) is 0 Å². The molecule has 7 nitrogen and oxygen atoms in total. The fourth-order valence-corrected chi connectivity index (χ4v) is 2.14. The maximum absolute atomic E-state index is 12.6. The number of primary amides is 1. The number of hydrogen-bond acceptors (Lipinski definition) is 4. The molecule has 0 fully saturated rings. The highest BCUT2D eigenvalue weighted by atomic mass is 16.5. The minimum Gasteiger partial charge on any atom is -0.445 e. The summed E-state index contributed by atoms with van der Waals surface area (Å²) < 4.78 is 5.06. The molecule has 0 radical (unpaired) electrons. The quantitative estimate of drug-likeness (QED) is 0.820. The number of nitrogens with zero attached hydrogens (tertiary/aromatic N) is 1. The van der Waals surface area contributed by atoms with Crippen LogP contribution in [0.15, 0.2) is 24.3 Å². The predicted octanol–water partition coefficient (Wildman–Crippen LogP) is 1.40. The third-order valence-electron chi connectivity index (χ3n) is 3.32. The smallest absolute Gasteiger partial charge is 0.407 e. The summed E-state index contributed by atoms with van der Waals surface area (Å²) >= 11 is 0. The molecule has 0 aliphatic carbocycles. The van der Waals surface area contributed by atoms with Crippen LogP contribution in [0.3, 0.4) is 0 Å². The monoisotopic (exact) mass is 335 g/mol. The topological polar surface area (TPSA) is 102 Å². The summed E-state index contributed by atoms with van der Waals surface area (Å²) in [5.74, 6) is -0.755. The lowest BCUT2D eigenvalue weighted by molar-refractivity contribution is -0.142. The molecule has 0 saturated heterocycles. The van der Waals surface area contributed by atoms with Gasteiger partial charge in [-0.2, -0.15) is 0 Å². The van der Waals surface area contributed by atoms with Gasteiger partial charge in [0.2, 0.25) is 11.8 Å². The Labute approximate surface area is 142 Å². The lowest BCUT2D eigenvalue weighted by Crippen LogP contribution is -2.43. The first-order chi connectivity index (χ1) is 11.1. The fourth-order valence-electron chi connectivity index (χ4n) is 2.14. The van der Waals surface area contributed by atoms with Crippen LogP contribution in [0.2, 0.25) is 0 Å². The number of carbonyl (C=O) groups is 3. The molecular weight excluding hydrogens is 310 g/mol. The standard InChI is InChI=1S/C17H25N3O4/c1-17(2,3)15(22)20(10-14(18)21)9-12-7-5-6-8-13(12)11-24-16(23)19-4/h5-8H,9-11H2,1-4H3,(H2,18,21)(H,19,23). The van der Waals surface area contributed by atoms with E-state index in [1.54, 1.807) is 20.8 Å². The first-order valence-electron chi connectivity index (χ1n) is 7.64. The molecular formula is C17H25N3O4. The van der Waals surface area contributed by atoms with Crippen LogP contribution in [-0.4, -0.2) is 36.4 Å². The number of alkyl carbamates (subject to hydrolysis) is 1. The van der Waals surface area contributed by atoms with Crippen molar-refractivity contribution in [2.24, 2.45) is 11.1 Å². The summed E-state index contributed by atoms with van der Waals surface area (Å²) in [6.45, 7) is 5.47. The molecule has 1 aromatic carbocycles. The zero-order chi connectivity index (χ0) is 18.3. The SMILES string of the molecule is CNC(=O)OCc1ccccc1CN(CC(N)=O)C(=O)C(C)(C)C. The van der Waals surface area contributed by atoms with Gasteiger partial charge in [-0.3, -0.25) is 9.59 Å². The number of rotatable bonds is 6. The van der Waals surface area contributed by atoms with E-state index in [0.717, 1.165) is 11.1 Å². The summed E-state index contributed by atoms with van der Waals surface area (Å²) in [6, 6.07) is 7.27. The van der Waals surface area contributed by atoms with Crippen LogP contribution in [0.4, 0.5) is 4.79 Å². The molecule has 0 aromatic heterocycles. The van der Waals surface area contributed by atoms with E-state index >= 15 is 0 Å². The van der Waals surface area contributed by atoms with Gasteiger partial charge < -0.3 is 20.7 Å². The molecule has 3 amide bonds. The first-order valence-corrected chi connectivity index (χ1v) is 7.64. The van der Waals surface area contributed by atoms with E-state index in [-0.39, 0.29) is 25.6 Å². The van der Waals surface area contributed by atoms with Crippen molar-refractivity contribution >= 4 is 17.9 Å². The van der Waals surface area contributed by atoms with Crippen LogP contribution in [0, 0.1) is 5.41 Å². The lowest BCUT2D eigenvalue weighted by Gasteiger charge is -2.29. The first kappa shape index (κ1) is 19.5. The van der Waals surface area contributed by atoms with Crippen LogP contribution in [-0.2, 0) is 27.5 Å². The van der Waals surface area contributed by atoms with Crippen molar-refractivity contribution in [2.45, 2.75) is 33.9 Å². The fraction of sp³-hybridized carbons (Fsp3) is 0.471. The largest absolute Gasteiger partial charge is 0.445 e. The number of hydrogen-bond donors (Lipinski definition) is 2. The highest BCUT2D eigenvalue weighted by Gasteiger charge is 2.28. The Morgan fingerprint density at radius 2 is 1.75 bits per heavy atom. The van der Waals surface area contributed by atoms with Crippen molar-refractivity contribution < 1.29 is 19.1 Å². The second-order valence-corrected chi connectivity index (χ2v) is 6.47. The van der Waals surface area contributed by atoms with Crippen LogP contribution in [0.5, 0.6) is 0 Å². The van der Waals surface area contributed by atoms with Crippen molar-refractivity contribution in [3.05, 3.63) is 35.4 Å². The van der Waals surface area contributed by atoms with Crippen molar-refractivity contribution in [1.82, 2.24) is 10.2 Å². The molecule has 0 bridgehead atoms. The summed E-state index contributed by atoms with van der Waals surface area (Å²) in [5.41, 5.74) is 6.19. The van der Waals surface area contributed by atoms with Crippen molar-refractivity contribution in [3.63, 3.8) is 0 Å². The number of ether oxygens (including phenoxy) is 1. The van der Waals surface area contributed by atoms with Gasteiger partial charge in [0, 0.05) is 19.0 Å². The van der Waals surface area contributed by atoms with Gasteiger partial charge in [0.05, 0.1) is 6.54 Å². The van der Waals surface area contributed by atoms with Crippen LogP contribution < -0.4 is 11.1 Å². The van der Waals surface area contributed by atoms with Gasteiger partial charge in [0.25, 0.3) is 0 Å². The molecule has 24 heavy (non-hydrogen) atoms. The minimum absolute atomic E-state index is 0.0734. The highest BCUT2D eigenvalue weighted by molar-refractivity contribution is 5.86. The van der Waals surface area contributed by atoms with E-state index in [1.807, 2.05) is 24.3 Å². The normalized spacial score (nSPS) is 10.8. The molecule has 1 rings (SSSR count). The van der Waals surface area contributed by atoms with E-state index in [4.69, 9.17) is 10.5 Å². The third-order valence-corrected chi connectivity index (χ3v) is 3.32. The Balaban J connectivity index is 2.99. The molecule has 0 aliphatic rings.